The number of likely N-dealkylation sites (N-methyl/N-ethyl adjacent to an activating group) is 1. The normalized spacial score (nSPS) is 15.8. The van der Waals surface area contributed by atoms with Crippen LogP contribution in [0.5, 0.6) is 5.75 Å². The molecule has 1 fully saturated rings. The molecule has 1 amide bonds. The van der Waals surface area contributed by atoms with Crippen LogP contribution in [0.15, 0.2) is 51.8 Å². The van der Waals surface area contributed by atoms with E-state index < -0.39 is 0 Å². The standard InChI is InChI=1S/C19H15BrClNO2S2/c1-2-22-18(23)17(26-19(22)25)10-13-9-14(20)5-8-16(13)24-11-12-3-6-15(21)7-4-12/h3-10H,2,11H2,1H3. The Morgan fingerprint density at radius 3 is 2.65 bits per heavy atom. The molecule has 3 rings (SSSR count). The zero-order chi connectivity index (χ0) is 18.7. The SMILES string of the molecule is CCN1C(=O)C(=Cc2cc(Br)ccc2OCc2ccc(Cl)cc2)SC1=S. The van der Waals surface area contributed by atoms with E-state index >= 15 is 0 Å². The van der Waals surface area contributed by atoms with Crippen molar-refractivity contribution in [3.05, 3.63) is 68.0 Å². The lowest BCUT2D eigenvalue weighted by atomic mass is 10.1. The number of hydrogen-bond acceptors (Lipinski definition) is 4. The zero-order valence-electron chi connectivity index (χ0n) is 13.9. The predicted octanol–water partition coefficient (Wildman–Crippen LogP) is 5.90. The summed E-state index contributed by atoms with van der Waals surface area (Å²) in [6, 6.07) is 13.2. The van der Waals surface area contributed by atoms with Gasteiger partial charge in [-0.05, 0) is 48.9 Å². The summed E-state index contributed by atoms with van der Waals surface area (Å²) in [5.41, 5.74) is 1.84. The average Bonchev–Trinajstić information content (AvgIpc) is 2.88. The van der Waals surface area contributed by atoms with Gasteiger partial charge in [0.05, 0.1) is 4.91 Å². The molecule has 2 aromatic rings. The van der Waals surface area contributed by atoms with Crippen molar-refractivity contribution < 1.29 is 9.53 Å². The lowest BCUT2D eigenvalue weighted by Gasteiger charge is -2.11. The topological polar surface area (TPSA) is 29.5 Å². The smallest absolute Gasteiger partial charge is 0.266 e. The molecule has 1 saturated heterocycles. The summed E-state index contributed by atoms with van der Waals surface area (Å²) in [6.07, 6.45) is 1.83. The van der Waals surface area contributed by atoms with Crippen LogP contribution in [0.1, 0.15) is 18.1 Å². The van der Waals surface area contributed by atoms with Gasteiger partial charge in [-0.1, -0.05) is 63.6 Å². The number of rotatable bonds is 5. The van der Waals surface area contributed by atoms with Gasteiger partial charge < -0.3 is 4.74 Å². The van der Waals surface area contributed by atoms with E-state index in [1.54, 1.807) is 4.90 Å². The number of nitrogens with zero attached hydrogens (tertiary/aromatic N) is 1. The van der Waals surface area contributed by atoms with Crippen LogP contribution < -0.4 is 4.74 Å². The number of thiocarbonyl (C=S) groups is 1. The summed E-state index contributed by atoms with van der Waals surface area (Å²) in [5.74, 6) is 0.635. The van der Waals surface area contributed by atoms with Crippen molar-refractivity contribution in [2.75, 3.05) is 6.54 Å². The average molecular weight is 469 g/mol. The fourth-order valence-electron chi connectivity index (χ4n) is 2.42. The van der Waals surface area contributed by atoms with Crippen LogP contribution in [0.2, 0.25) is 5.02 Å². The molecule has 0 aliphatic carbocycles. The second-order valence-electron chi connectivity index (χ2n) is 5.52. The van der Waals surface area contributed by atoms with Crippen LogP contribution in [0.25, 0.3) is 6.08 Å². The van der Waals surface area contributed by atoms with Gasteiger partial charge in [0.2, 0.25) is 0 Å². The fraction of sp³-hybridized carbons (Fsp3) is 0.158. The summed E-state index contributed by atoms with van der Waals surface area (Å²) in [7, 11) is 0. The van der Waals surface area contributed by atoms with E-state index in [-0.39, 0.29) is 5.91 Å². The molecular weight excluding hydrogens is 454 g/mol. The number of benzene rings is 2. The third kappa shape index (κ3) is 4.49. The molecule has 1 aliphatic heterocycles. The van der Waals surface area contributed by atoms with E-state index in [2.05, 4.69) is 15.9 Å². The monoisotopic (exact) mass is 467 g/mol. The highest BCUT2D eigenvalue weighted by Gasteiger charge is 2.30. The van der Waals surface area contributed by atoms with Gasteiger partial charge >= 0.3 is 0 Å². The Balaban J connectivity index is 1.84. The predicted molar refractivity (Wildman–Crippen MR) is 115 cm³/mol. The molecule has 3 nitrogen and oxygen atoms in total. The molecule has 1 heterocycles. The summed E-state index contributed by atoms with van der Waals surface area (Å²) in [5, 5.41) is 0.691. The van der Waals surface area contributed by atoms with Crippen LogP contribution in [0, 0.1) is 0 Å². The molecule has 0 radical (unpaired) electrons. The number of thioether (sulfide) groups is 1. The molecule has 0 aromatic heterocycles. The Morgan fingerprint density at radius 1 is 1.27 bits per heavy atom. The molecule has 1 aliphatic rings. The molecule has 0 unspecified atom stereocenters. The van der Waals surface area contributed by atoms with Crippen LogP contribution in [0.4, 0.5) is 0 Å². The molecule has 7 heteroatoms. The van der Waals surface area contributed by atoms with Gasteiger partial charge in [-0.2, -0.15) is 0 Å². The van der Waals surface area contributed by atoms with Gasteiger partial charge in [0.1, 0.15) is 16.7 Å². The Kier molecular flexibility index (Phi) is 6.40. The Hall–Kier alpha value is -1.34. The first-order chi connectivity index (χ1) is 12.5. The fourth-order valence-corrected chi connectivity index (χ4v) is 4.30. The quantitative estimate of drug-likeness (QED) is 0.403. The maximum Gasteiger partial charge on any atom is 0.266 e. The van der Waals surface area contributed by atoms with Crippen molar-refractivity contribution in [2.24, 2.45) is 0 Å². The molecule has 26 heavy (non-hydrogen) atoms. The van der Waals surface area contributed by atoms with Crippen molar-refractivity contribution in [1.82, 2.24) is 4.90 Å². The largest absolute Gasteiger partial charge is 0.488 e. The van der Waals surface area contributed by atoms with Gasteiger partial charge in [0.25, 0.3) is 5.91 Å². The van der Waals surface area contributed by atoms with Gasteiger partial charge in [0.15, 0.2) is 0 Å². The van der Waals surface area contributed by atoms with E-state index in [0.29, 0.717) is 33.1 Å². The maximum absolute atomic E-state index is 12.4. The van der Waals surface area contributed by atoms with Crippen molar-refractivity contribution in [3.63, 3.8) is 0 Å². The number of carbonyl (C=O) groups excluding carboxylic acids is 1. The van der Waals surface area contributed by atoms with E-state index in [1.165, 1.54) is 11.8 Å². The second-order valence-corrected chi connectivity index (χ2v) is 8.55. The molecular formula is C19H15BrClNO2S2. The third-order valence-electron chi connectivity index (χ3n) is 3.76. The van der Waals surface area contributed by atoms with Gasteiger partial charge in [-0.3, -0.25) is 9.69 Å². The van der Waals surface area contributed by atoms with E-state index in [4.69, 9.17) is 28.6 Å². The van der Waals surface area contributed by atoms with Crippen LogP contribution >= 0.6 is 51.5 Å². The number of amides is 1. The number of ether oxygens (including phenoxy) is 1. The lowest BCUT2D eigenvalue weighted by molar-refractivity contribution is -0.121. The van der Waals surface area contributed by atoms with Gasteiger partial charge in [-0.25, -0.2) is 0 Å². The molecule has 2 aromatic carbocycles. The summed E-state index contributed by atoms with van der Waals surface area (Å²) < 4.78 is 7.46. The first-order valence-corrected chi connectivity index (χ1v) is 10.3. The lowest BCUT2D eigenvalue weighted by Crippen LogP contribution is -2.27. The van der Waals surface area contributed by atoms with Gasteiger partial charge in [-0.15, -0.1) is 0 Å². The summed E-state index contributed by atoms with van der Waals surface area (Å²) >= 11 is 16.0. The summed E-state index contributed by atoms with van der Waals surface area (Å²) in [4.78, 5) is 14.6. The van der Waals surface area contributed by atoms with E-state index in [9.17, 15) is 4.79 Å². The van der Waals surface area contributed by atoms with Crippen molar-refractivity contribution in [3.8, 4) is 5.75 Å². The summed E-state index contributed by atoms with van der Waals surface area (Å²) in [6.45, 7) is 2.89. The third-order valence-corrected chi connectivity index (χ3v) is 5.88. The molecule has 0 atom stereocenters. The van der Waals surface area contributed by atoms with Crippen molar-refractivity contribution >= 4 is 67.8 Å². The molecule has 0 spiro atoms. The number of halogens is 2. The number of carbonyl (C=O) groups is 1. The minimum absolute atomic E-state index is 0.0638. The van der Waals surface area contributed by atoms with Crippen LogP contribution in [-0.2, 0) is 11.4 Å². The molecule has 134 valence electrons. The minimum atomic E-state index is -0.0638. The van der Waals surface area contributed by atoms with Crippen LogP contribution in [0.3, 0.4) is 0 Å². The van der Waals surface area contributed by atoms with E-state index in [1.807, 2.05) is 55.5 Å². The highest BCUT2D eigenvalue weighted by molar-refractivity contribution is 9.10. The Morgan fingerprint density at radius 2 is 2.00 bits per heavy atom. The maximum atomic E-state index is 12.4. The van der Waals surface area contributed by atoms with Crippen LogP contribution in [-0.4, -0.2) is 21.7 Å². The second kappa shape index (κ2) is 8.57. The zero-order valence-corrected chi connectivity index (χ0v) is 17.8. The minimum Gasteiger partial charge on any atom is -0.488 e. The van der Waals surface area contributed by atoms with E-state index in [0.717, 1.165) is 15.6 Å². The molecule has 0 bridgehead atoms. The van der Waals surface area contributed by atoms with Crippen molar-refractivity contribution in [1.29, 1.82) is 0 Å². The molecule has 0 N–H and O–H groups in total. The molecule has 0 saturated carbocycles. The number of hydrogen-bond donors (Lipinski definition) is 0. The first-order valence-electron chi connectivity index (χ1n) is 7.90. The Labute approximate surface area is 175 Å². The first kappa shape index (κ1) is 19.4. The highest BCUT2D eigenvalue weighted by Crippen LogP contribution is 2.35. The van der Waals surface area contributed by atoms with Crippen molar-refractivity contribution in [2.45, 2.75) is 13.5 Å². The van der Waals surface area contributed by atoms with Gasteiger partial charge in [0, 0.05) is 21.6 Å². The Bertz CT molecular complexity index is 884. The highest BCUT2D eigenvalue weighted by atomic mass is 79.9.